The zero-order valence-corrected chi connectivity index (χ0v) is 6.83. The van der Waals surface area contributed by atoms with Crippen LogP contribution < -0.4 is 0 Å². The molecule has 1 aliphatic heterocycles. The van der Waals surface area contributed by atoms with E-state index >= 15 is 0 Å². The summed E-state index contributed by atoms with van der Waals surface area (Å²) < 4.78 is 0. The van der Waals surface area contributed by atoms with E-state index in [-0.39, 0.29) is 5.54 Å². The van der Waals surface area contributed by atoms with Gasteiger partial charge < -0.3 is 4.90 Å². The zero-order chi connectivity index (χ0) is 7.61. The van der Waals surface area contributed by atoms with E-state index in [1.54, 1.807) is 0 Å². The third kappa shape index (κ3) is 1.59. The Balaban J connectivity index is 2.60. The van der Waals surface area contributed by atoms with Crippen LogP contribution in [0.3, 0.4) is 0 Å². The fourth-order valence-corrected chi connectivity index (χ4v) is 0.821. The Morgan fingerprint density at radius 1 is 1.40 bits per heavy atom. The van der Waals surface area contributed by atoms with Gasteiger partial charge >= 0.3 is 0 Å². The van der Waals surface area contributed by atoms with E-state index in [1.807, 2.05) is 12.3 Å². The van der Waals surface area contributed by atoms with Crippen LogP contribution in [0.2, 0.25) is 0 Å². The second-order valence-corrected chi connectivity index (χ2v) is 3.46. The number of hydrogen-bond donors (Lipinski definition) is 0. The smallest absolute Gasteiger partial charge is 0.110 e. The van der Waals surface area contributed by atoms with Crippen LogP contribution in [-0.2, 0) is 0 Å². The molecule has 0 spiro atoms. The fourth-order valence-electron chi connectivity index (χ4n) is 0.821. The largest absolute Gasteiger partial charge is 0.354 e. The van der Waals surface area contributed by atoms with Gasteiger partial charge in [0, 0.05) is 18.0 Å². The van der Waals surface area contributed by atoms with Crippen LogP contribution in [0.15, 0.2) is 17.3 Å². The molecule has 1 rings (SSSR count). The Morgan fingerprint density at radius 2 is 2.10 bits per heavy atom. The molecule has 0 aromatic rings. The third-order valence-electron chi connectivity index (χ3n) is 1.55. The van der Waals surface area contributed by atoms with E-state index in [2.05, 4.69) is 36.9 Å². The van der Waals surface area contributed by atoms with Crippen molar-refractivity contribution in [3.8, 4) is 0 Å². The van der Waals surface area contributed by atoms with Gasteiger partial charge in [-0.15, -0.1) is 0 Å². The Labute approximate surface area is 62.3 Å². The lowest BCUT2D eigenvalue weighted by atomic mass is 10.1. The molecule has 0 unspecified atom stereocenters. The highest BCUT2D eigenvalue weighted by Crippen LogP contribution is 2.14. The molecule has 0 amide bonds. The normalized spacial score (nSPS) is 18.1. The van der Waals surface area contributed by atoms with E-state index in [4.69, 9.17) is 0 Å². The van der Waals surface area contributed by atoms with Crippen molar-refractivity contribution in [3.63, 3.8) is 0 Å². The first-order valence-corrected chi connectivity index (χ1v) is 3.54. The number of nitrogens with zero attached hydrogens (tertiary/aromatic N) is 2. The van der Waals surface area contributed by atoms with Gasteiger partial charge in [-0.05, 0) is 26.8 Å². The molecule has 2 nitrogen and oxygen atoms in total. The quantitative estimate of drug-likeness (QED) is 0.497. The number of hydrogen-bond acceptors (Lipinski definition) is 2. The Hall–Kier alpha value is -0.790. The van der Waals surface area contributed by atoms with Crippen LogP contribution in [0.25, 0.3) is 0 Å². The van der Waals surface area contributed by atoms with Crippen LogP contribution in [0.4, 0.5) is 0 Å². The van der Waals surface area contributed by atoms with Gasteiger partial charge in [0.2, 0.25) is 0 Å². The summed E-state index contributed by atoms with van der Waals surface area (Å²) in [6.45, 7) is 7.33. The van der Waals surface area contributed by atoms with Gasteiger partial charge in [0.05, 0.1) is 0 Å². The Morgan fingerprint density at radius 3 is 2.40 bits per heavy atom. The van der Waals surface area contributed by atoms with Gasteiger partial charge in [-0.25, -0.2) is 0 Å². The molecule has 10 heavy (non-hydrogen) atoms. The minimum Gasteiger partial charge on any atom is -0.354 e. The first kappa shape index (κ1) is 7.32. The van der Waals surface area contributed by atoms with Gasteiger partial charge in [-0.3, -0.25) is 4.99 Å². The molecule has 0 saturated carbocycles. The zero-order valence-electron chi connectivity index (χ0n) is 6.83. The maximum absolute atomic E-state index is 4.14. The van der Waals surface area contributed by atoms with Crippen molar-refractivity contribution in [2.75, 3.05) is 6.67 Å². The second kappa shape index (κ2) is 2.45. The molecule has 0 N–H and O–H groups in total. The van der Waals surface area contributed by atoms with Crippen LogP contribution in [-0.4, -0.2) is 23.3 Å². The molecule has 0 aromatic carbocycles. The predicted molar refractivity (Wildman–Crippen MR) is 44.1 cm³/mol. The topological polar surface area (TPSA) is 15.6 Å². The highest BCUT2D eigenvalue weighted by atomic mass is 15.2. The van der Waals surface area contributed by atoms with Crippen molar-refractivity contribution in [3.05, 3.63) is 12.3 Å². The fraction of sp³-hybridized carbons (Fsp3) is 0.625. The maximum atomic E-state index is 4.14. The summed E-state index contributed by atoms with van der Waals surface area (Å²) in [5.74, 6) is 0. The van der Waals surface area contributed by atoms with Gasteiger partial charge in [-0.1, -0.05) is 0 Å². The molecule has 1 heterocycles. The van der Waals surface area contributed by atoms with Gasteiger partial charge in [0.25, 0.3) is 0 Å². The Bertz CT molecular complexity index is 163. The van der Waals surface area contributed by atoms with E-state index in [0.717, 1.165) is 6.67 Å². The SMILES string of the molecule is CC(C)(C)N1C=CC=NC1. The molecule has 0 atom stereocenters. The van der Waals surface area contributed by atoms with Crippen LogP contribution in [0.5, 0.6) is 0 Å². The predicted octanol–water partition coefficient (Wildman–Crippen LogP) is 1.64. The highest BCUT2D eigenvalue weighted by molar-refractivity contribution is 5.71. The molecule has 0 bridgehead atoms. The molecule has 2 heteroatoms. The summed E-state index contributed by atoms with van der Waals surface area (Å²) in [6.07, 6.45) is 5.88. The standard InChI is InChI=1S/C8H14N2/c1-8(2,3)10-6-4-5-9-7-10/h4-6H,7H2,1-3H3. The lowest BCUT2D eigenvalue weighted by Crippen LogP contribution is -2.38. The van der Waals surface area contributed by atoms with Gasteiger partial charge in [-0.2, -0.15) is 0 Å². The van der Waals surface area contributed by atoms with E-state index in [0.29, 0.717) is 0 Å². The number of rotatable bonds is 0. The van der Waals surface area contributed by atoms with E-state index in [1.165, 1.54) is 0 Å². The molecule has 0 saturated heterocycles. The summed E-state index contributed by atoms with van der Waals surface area (Å²) in [6, 6.07) is 0. The van der Waals surface area contributed by atoms with Crippen molar-refractivity contribution in [2.45, 2.75) is 26.3 Å². The van der Waals surface area contributed by atoms with Crippen molar-refractivity contribution in [1.29, 1.82) is 0 Å². The average Bonchev–Trinajstić information content (AvgIpc) is 1.88. The molecule has 56 valence electrons. The summed E-state index contributed by atoms with van der Waals surface area (Å²) in [5, 5.41) is 0. The summed E-state index contributed by atoms with van der Waals surface area (Å²) in [5.41, 5.74) is 0.203. The van der Waals surface area contributed by atoms with Gasteiger partial charge in [0.1, 0.15) is 6.67 Å². The summed E-state index contributed by atoms with van der Waals surface area (Å²) >= 11 is 0. The Kier molecular flexibility index (Phi) is 1.79. The maximum Gasteiger partial charge on any atom is 0.110 e. The van der Waals surface area contributed by atoms with Crippen molar-refractivity contribution in [2.24, 2.45) is 4.99 Å². The van der Waals surface area contributed by atoms with Crippen LogP contribution in [0.1, 0.15) is 20.8 Å². The monoisotopic (exact) mass is 138 g/mol. The van der Waals surface area contributed by atoms with E-state index < -0.39 is 0 Å². The van der Waals surface area contributed by atoms with Crippen molar-refractivity contribution in [1.82, 2.24) is 4.90 Å². The summed E-state index contributed by atoms with van der Waals surface area (Å²) in [7, 11) is 0. The first-order chi connectivity index (χ1) is 4.61. The molecule has 0 aliphatic carbocycles. The lowest BCUT2D eigenvalue weighted by Gasteiger charge is -2.34. The molecule has 0 fully saturated rings. The molecular formula is C8H14N2. The van der Waals surface area contributed by atoms with Crippen molar-refractivity contribution < 1.29 is 0 Å². The highest BCUT2D eigenvalue weighted by Gasteiger charge is 2.17. The molecular weight excluding hydrogens is 124 g/mol. The van der Waals surface area contributed by atoms with Crippen molar-refractivity contribution >= 4 is 6.21 Å². The molecule has 0 radical (unpaired) electrons. The first-order valence-electron chi connectivity index (χ1n) is 3.54. The lowest BCUT2D eigenvalue weighted by molar-refractivity contribution is 0.210. The third-order valence-corrected chi connectivity index (χ3v) is 1.55. The summed E-state index contributed by atoms with van der Waals surface area (Å²) in [4.78, 5) is 6.34. The second-order valence-electron chi connectivity index (χ2n) is 3.46. The molecule has 1 aliphatic rings. The number of aliphatic imine (C=N–C) groups is 1. The molecule has 0 aromatic heterocycles. The number of allylic oxidation sites excluding steroid dienone is 1. The van der Waals surface area contributed by atoms with Crippen LogP contribution in [0, 0.1) is 0 Å². The minimum absolute atomic E-state index is 0.203. The van der Waals surface area contributed by atoms with Crippen LogP contribution >= 0.6 is 0 Å². The minimum atomic E-state index is 0.203. The average molecular weight is 138 g/mol. The van der Waals surface area contributed by atoms with E-state index in [9.17, 15) is 0 Å². The van der Waals surface area contributed by atoms with Gasteiger partial charge in [0.15, 0.2) is 0 Å².